The lowest BCUT2D eigenvalue weighted by Gasteiger charge is -2.04. The summed E-state index contributed by atoms with van der Waals surface area (Å²) >= 11 is 12.0. The number of carbonyl (C=O) groups is 2. The van der Waals surface area contributed by atoms with Crippen LogP contribution in [0.25, 0.3) is 11.3 Å². The van der Waals surface area contributed by atoms with Gasteiger partial charge in [0, 0.05) is 23.4 Å². The third-order valence-electron chi connectivity index (χ3n) is 3.76. The number of aromatic amines is 1. The Morgan fingerprint density at radius 2 is 2.11 bits per heavy atom. The Morgan fingerprint density at radius 1 is 1.33 bits per heavy atom. The molecule has 3 aromatic rings. The number of aromatic nitrogens is 3. The lowest BCUT2D eigenvalue weighted by molar-refractivity contribution is -0.116. The van der Waals surface area contributed by atoms with Crippen molar-refractivity contribution in [3.05, 3.63) is 51.7 Å². The molecule has 0 fully saturated rings. The van der Waals surface area contributed by atoms with Crippen LogP contribution in [0.1, 0.15) is 28.5 Å². The van der Waals surface area contributed by atoms with Crippen LogP contribution in [0.5, 0.6) is 0 Å². The third kappa shape index (κ3) is 4.29. The first-order chi connectivity index (χ1) is 12.8. The molecule has 1 aromatic carbocycles. The molecule has 0 saturated heterocycles. The van der Waals surface area contributed by atoms with Crippen LogP contribution >= 0.6 is 23.2 Å². The summed E-state index contributed by atoms with van der Waals surface area (Å²) in [6.45, 7) is 1.67. The van der Waals surface area contributed by atoms with Crippen LogP contribution < -0.4 is 11.1 Å². The van der Waals surface area contributed by atoms with Gasteiger partial charge in [0.25, 0.3) is 5.91 Å². The van der Waals surface area contributed by atoms with Crippen LogP contribution in [0.3, 0.4) is 0 Å². The first-order valence-corrected chi connectivity index (χ1v) is 8.65. The SMILES string of the molecule is Cc1[nH]nc(C(N)=O)c1NC(=O)CCc1ncc(-c2ccc(Cl)cc2Cl)o1. The molecule has 0 bridgehead atoms. The molecule has 8 nitrogen and oxygen atoms in total. The fourth-order valence-corrected chi connectivity index (χ4v) is 2.92. The van der Waals surface area contributed by atoms with E-state index in [1.807, 2.05) is 0 Å². The van der Waals surface area contributed by atoms with E-state index in [1.165, 1.54) is 6.20 Å². The molecule has 140 valence electrons. The van der Waals surface area contributed by atoms with Crippen molar-refractivity contribution in [2.45, 2.75) is 19.8 Å². The molecule has 0 aliphatic heterocycles. The molecule has 0 atom stereocenters. The minimum absolute atomic E-state index is 0.0170. The van der Waals surface area contributed by atoms with Crippen molar-refractivity contribution >= 4 is 40.7 Å². The highest BCUT2D eigenvalue weighted by atomic mass is 35.5. The highest BCUT2D eigenvalue weighted by molar-refractivity contribution is 6.36. The van der Waals surface area contributed by atoms with Crippen molar-refractivity contribution in [2.75, 3.05) is 5.32 Å². The number of halogens is 2. The second-order valence-electron chi connectivity index (χ2n) is 5.73. The Hall–Kier alpha value is -2.84. The van der Waals surface area contributed by atoms with E-state index < -0.39 is 5.91 Å². The van der Waals surface area contributed by atoms with Gasteiger partial charge in [0.2, 0.25) is 5.91 Å². The first kappa shape index (κ1) is 18.9. The summed E-state index contributed by atoms with van der Waals surface area (Å²) in [5.41, 5.74) is 6.68. The molecule has 0 spiro atoms. The van der Waals surface area contributed by atoms with Crippen molar-refractivity contribution in [2.24, 2.45) is 5.73 Å². The lowest BCUT2D eigenvalue weighted by atomic mass is 10.2. The number of carbonyl (C=O) groups excluding carboxylic acids is 2. The average Bonchev–Trinajstić information content (AvgIpc) is 3.21. The topological polar surface area (TPSA) is 127 Å². The van der Waals surface area contributed by atoms with Crippen LogP contribution in [0.4, 0.5) is 5.69 Å². The summed E-state index contributed by atoms with van der Waals surface area (Å²) in [6, 6.07) is 5.04. The molecule has 2 aromatic heterocycles. The van der Waals surface area contributed by atoms with Crippen LogP contribution in [0, 0.1) is 6.92 Å². The number of nitrogens with two attached hydrogens (primary N) is 1. The van der Waals surface area contributed by atoms with Crippen LogP contribution in [-0.4, -0.2) is 27.0 Å². The monoisotopic (exact) mass is 407 g/mol. The van der Waals surface area contributed by atoms with E-state index in [1.54, 1.807) is 25.1 Å². The molecule has 4 N–H and O–H groups in total. The van der Waals surface area contributed by atoms with E-state index in [4.69, 9.17) is 33.4 Å². The highest BCUT2D eigenvalue weighted by Crippen LogP contribution is 2.30. The molecule has 3 rings (SSSR count). The zero-order valence-corrected chi connectivity index (χ0v) is 15.7. The molecule has 2 heterocycles. The smallest absolute Gasteiger partial charge is 0.271 e. The summed E-state index contributed by atoms with van der Waals surface area (Å²) < 4.78 is 5.65. The van der Waals surface area contributed by atoms with Gasteiger partial charge >= 0.3 is 0 Å². The molecule has 2 amide bonds. The minimum atomic E-state index is -0.730. The summed E-state index contributed by atoms with van der Waals surface area (Å²) in [7, 11) is 0. The summed E-state index contributed by atoms with van der Waals surface area (Å²) in [4.78, 5) is 27.7. The van der Waals surface area contributed by atoms with E-state index in [0.717, 1.165) is 0 Å². The second-order valence-corrected chi connectivity index (χ2v) is 6.57. The molecule has 0 aliphatic carbocycles. The molecule has 0 saturated carbocycles. The number of rotatable bonds is 6. The van der Waals surface area contributed by atoms with E-state index in [-0.39, 0.29) is 30.1 Å². The zero-order chi connectivity index (χ0) is 19.6. The number of hydrogen-bond acceptors (Lipinski definition) is 5. The molecular weight excluding hydrogens is 393 g/mol. The van der Waals surface area contributed by atoms with Gasteiger partial charge in [-0.15, -0.1) is 0 Å². The number of H-pyrrole nitrogens is 1. The predicted octanol–water partition coefficient (Wildman–Crippen LogP) is 3.35. The summed E-state index contributed by atoms with van der Waals surface area (Å²) in [5.74, 6) is -0.197. The first-order valence-electron chi connectivity index (χ1n) is 7.90. The van der Waals surface area contributed by atoms with E-state index in [2.05, 4.69) is 20.5 Å². The number of oxazole rings is 1. The van der Waals surface area contributed by atoms with Crippen LogP contribution in [-0.2, 0) is 11.2 Å². The summed E-state index contributed by atoms with van der Waals surface area (Å²) in [6.07, 6.45) is 1.89. The fourth-order valence-electron chi connectivity index (χ4n) is 2.42. The van der Waals surface area contributed by atoms with E-state index >= 15 is 0 Å². The van der Waals surface area contributed by atoms with Crippen molar-refractivity contribution in [3.63, 3.8) is 0 Å². The summed E-state index contributed by atoms with van der Waals surface area (Å²) in [5, 5.41) is 9.97. The maximum atomic E-state index is 12.2. The average molecular weight is 408 g/mol. The normalized spacial score (nSPS) is 10.8. The Morgan fingerprint density at radius 3 is 2.81 bits per heavy atom. The van der Waals surface area contributed by atoms with Gasteiger partial charge in [-0.1, -0.05) is 23.2 Å². The molecule has 10 heteroatoms. The number of primary amides is 1. The second kappa shape index (κ2) is 7.81. The number of nitrogens with zero attached hydrogens (tertiary/aromatic N) is 2. The minimum Gasteiger partial charge on any atom is -0.441 e. The highest BCUT2D eigenvalue weighted by Gasteiger charge is 2.18. The Bertz CT molecular complexity index is 1010. The quantitative estimate of drug-likeness (QED) is 0.577. The maximum Gasteiger partial charge on any atom is 0.271 e. The van der Waals surface area contributed by atoms with Gasteiger partial charge in [0.15, 0.2) is 17.3 Å². The van der Waals surface area contributed by atoms with Crippen LogP contribution in [0.15, 0.2) is 28.8 Å². The number of nitrogens with one attached hydrogen (secondary N) is 2. The van der Waals surface area contributed by atoms with Crippen LogP contribution in [0.2, 0.25) is 10.0 Å². The number of hydrogen-bond donors (Lipinski definition) is 3. The Balaban J connectivity index is 1.64. The zero-order valence-electron chi connectivity index (χ0n) is 14.2. The Kier molecular flexibility index (Phi) is 5.48. The van der Waals surface area contributed by atoms with Crippen molar-refractivity contribution in [1.29, 1.82) is 0 Å². The van der Waals surface area contributed by atoms with E-state index in [0.29, 0.717) is 33.0 Å². The molecule has 0 aliphatic rings. The van der Waals surface area contributed by atoms with Gasteiger partial charge in [-0.2, -0.15) is 5.10 Å². The largest absolute Gasteiger partial charge is 0.441 e. The number of aryl methyl sites for hydroxylation is 2. The number of benzene rings is 1. The lowest BCUT2D eigenvalue weighted by Crippen LogP contribution is -2.18. The van der Waals surface area contributed by atoms with E-state index in [9.17, 15) is 9.59 Å². The fraction of sp³-hybridized carbons (Fsp3) is 0.176. The van der Waals surface area contributed by atoms with Gasteiger partial charge in [0.1, 0.15) is 0 Å². The van der Waals surface area contributed by atoms with Gasteiger partial charge < -0.3 is 15.5 Å². The third-order valence-corrected chi connectivity index (χ3v) is 4.31. The number of anilines is 1. The standard InChI is InChI=1S/C17H15Cl2N5O3/c1-8-15(16(17(20)26)24-23-8)22-13(25)4-5-14-21-7-12(27-14)10-3-2-9(18)6-11(10)19/h2-3,6-7H,4-5H2,1H3,(H2,20,26)(H,22,25)(H,23,24). The number of amides is 2. The van der Waals surface area contributed by atoms with Gasteiger partial charge in [-0.25, -0.2) is 4.98 Å². The Labute approximate surface area is 164 Å². The van der Waals surface area contributed by atoms with Crippen molar-refractivity contribution in [3.8, 4) is 11.3 Å². The molecule has 0 radical (unpaired) electrons. The maximum absolute atomic E-state index is 12.2. The van der Waals surface area contributed by atoms with Gasteiger partial charge in [0.05, 0.1) is 22.6 Å². The molecule has 27 heavy (non-hydrogen) atoms. The van der Waals surface area contributed by atoms with Gasteiger partial charge in [-0.05, 0) is 25.1 Å². The molecular formula is C17H15Cl2N5O3. The predicted molar refractivity (Wildman–Crippen MR) is 101 cm³/mol. The van der Waals surface area contributed by atoms with Crippen molar-refractivity contribution < 1.29 is 14.0 Å². The van der Waals surface area contributed by atoms with Gasteiger partial charge in [-0.3, -0.25) is 14.7 Å². The van der Waals surface area contributed by atoms with Crippen molar-refractivity contribution in [1.82, 2.24) is 15.2 Å². The molecule has 0 unspecified atom stereocenters.